The van der Waals surface area contributed by atoms with Crippen LogP contribution < -0.4 is 11.1 Å². The van der Waals surface area contributed by atoms with Gasteiger partial charge in [-0.25, -0.2) is 4.79 Å². The van der Waals surface area contributed by atoms with E-state index in [1.807, 2.05) is 30.3 Å². The molecule has 1 aromatic carbocycles. The van der Waals surface area contributed by atoms with Gasteiger partial charge in [-0.3, -0.25) is 4.79 Å². The minimum atomic E-state index is -1.04. The Labute approximate surface area is 105 Å². The summed E-state index contributed by atoms with van der Waals surface area (Å²) < 4.78 is 0. The van der Waals surface area contributed by atoms with E-state index in [2.05, 4.69) is 5.32 Å². The molecule has 0 saturated heterocycles. The number of carboxylic acids is 1. The van der Waals surface area contributed by atoms with E-state index in [1.54, 1.807) is 0 Å². The van der Waals surface area contributed by atoms with E-state index < -0.39 is 17.6 Å². The maximum Gasteiger partial charge on any atom is 0.326 e. The Hall–Kier alpha value is -1.88. The molecule has 0 heterocycles. The zero-order valence-electron chi connectivity index (χ0n) is 9.93. The number of carboxylic acid groups (broad SMARTS) is 1. The van der Waals surface area contributed by atoms with Gasteiger partial charge in [-0.1, -0.05) is 30.3 Å². The minimum absolute atomic E-state index is 0.262. The lowest BCUT2D eigenvalue weighted by molar-refractivity contribution is -0.142. The molecule has 1 aliphatic carbocycles. The smallest absolute Gasteiger partial charge is 0.326 e. The van der Waals surface area contributed by atoms with Crippen LogP contribution in [-0.2, 0) is 16.0 Å². The van der Waals surface area contributed by atoms with Crippen molar-refractivity contribution in [2.45, 2.75) is 30.8 Å². The molecular formula is C13H16N2O3. The molecule has 1 aromatic rings. The van der Waals surface area contributed by atoms with Gasteiger partial charge in [0.25, 0.3) is 0 Å². The van der Waals surface area contributed by atoms with E-state index in [0.29, 0.717) is 12.8 Å². The van der Waals surface area contributed by atoms with Gasteiger partial charge in [-0.05, 0) is 18.4 Å². The van der Waals surface area contributed by atoms with Crippen LogP contribution in [0.3, 0.4) is 0 Å². The monoisotopic (exact) mass is 248 g/mol. The standard InChI is InChI=1S/C13H16N2O3/c14-13(6-7-13)12(18)15-10(11(16)17)8-9-4-2-1-3-5-9/h1-5,10H,6-8,14H2,(H,15,18)(H,16,17). The first-order chi connectivity index (χ1) is 8.51. The molecule has 4 N–H and O–H groups in total. The van der Waals surface area contributed by atoms with Gasteiger partial charge in [0, 0.05) is 6.42 Å². The zero-order valence-corrected chi connectivity index (χ0v) is 9.93. The SMILES string of the molecule is NC1(C(=O)NC(Cc2ccccc2)C(=O)O)CC1. The van der Waals surface area contributed by atoms with Crippen molar-refractivity contribution in [2.24, 2.45) is 5.73 Å². The zero-order chi connectivity index (χ0) is 13.2. The van der Waals surface area contributed by atoms with E-state index in [1.165, 1.54) is 0 Å². The van der Waals surface area contributed by atoms with E-state index in [0.717, 1.165) is 5.56 Å². The summed E-state index contributed by atoms with van der Waals surface area (Å²) in [4.78, 5) is 22.9. The van der Waals surface area contributed by atoms with Crippen molar-refractivity contribution >= 4 is 11.9 Å². The summed E-state index contributed by atoms with van der Waals surface area (Å²) in [5, 5.41) is 11.6. The average molecular weight is 248 g/mol. The third-order valence-electron chi connectivity index (χ3n) is 3.13. The van der Waals surface area contributed by atoms with Crippen LogP contribution in [0, 0.1) is 0 Å². The molecule has 1 saturated carbocycles. The highest BCUT2D eigenvalue weighted by molar-refractivity contribution is 5.92. The molecule has 1 atom stereocenters. The second-order valence-electron chi connectivity index (χ2n) is 4.71. The Morgan fingerprint density at radius 3 is 2.44 bits per heavy atom. The molecule has 0 bridgehead atoms. The maximum atomic E-state index is 11.7. The van der Waals surface area contributed by atoms with Gasteiger partial charge in [0.15, 0.2) is 0 Å². The Balaban J connectivity index is 2.00. The van der Waals surface area contributed by atoms with Crippen LogP contribution in [0.1, 0.15) is 18.4 Å². The van der Waals surface area contributed by atoms with Crippen LogP contribution in [0.4, 0.5) is 0 Å². The Morgan fingerprint density at radius 2 is 1.94 bits per heavy atom. The fourth-order valence-corrected chi connectivity index (χ4v) is 1.71. The van der Waals surface area contributed by atoms with Crippen molar-refractivity contribution in [3.05, 3.63) is 35.9 Å². The number of nitrogens with one attached hydrogen (secondary N) is 1. The summed E-state index contributed by atoms with van der Waals surface area (Å²) >= 11 is 0. The summed E-state index contributed by atoms with van der Waals surface area (Å²) in [6.45, 7) is 0. The van der Waals surface area contributed by atoms with Gasteiger partial charge in [0.05, 0.1) is 5.54 Å². The molecule has 0 spiro atoms. The summed E-state index contributed by atoms with van der Waals surface area (Å²) in [7, 11) is 0. The van der Waals surface area contributed by atoms with E-state index >= 15 is 0 Å². The van der Waals surface area contributed by atoms with Gasteiger partial charge in [0.1, 0.15) is 6.04 Å². The van der Waals surface area contributed by atoms with E-state index in [9.17, 15) is 9.59 Å². The molecule has 0 radical (unpaired) electrons. The minimum Gasteiger partial charge on any atom is -0.480 e. The molecule has 18 heavy (non-hydrogen) atoms. The lowest BCUT2D eigenvalue weighted by atomic mass is 10.1. The van der Waals surface area contributed by atoms with Crippen LogP contribution >= 0.6 is 0 Å². The Kier molecular flexibility index (Phi) is 3.34. The third-order valence-corrected chi connectivity index (χ3v) is 3.13. The number of carbonyl (C=O) groups excluding carboxylic acids is 1. The predicted octanol–water partition coefficient (Wildman–Crippen LogP) is 0.290. The first kappa shape index (κ1) is 12.6. The van der Waals surface area contributed by atoms with Crippen molar-refractivity contribution < 1.29 is 14.7 Å². The number of rotatable bonds is 5. The number of carbonyl (C=O) groups is 2. The molecule has 1 aliphatic rings. The number of hydrogen-bond donors (Lipinski definition) is 3. The highest BCUT2D eigenvalue weighted by Crippen LogP contribution is 2.32. The van der Waals surface area contributed by atoms with Gasteiger partial charge in [0.2, 0.25) is 5.91 Å². The van der Waals surface area contributed by atoms with Gasteiger partial charge >= 0.3 is 5.97 Å². The fraction of sp³-hybridized carbons (Fsp3) is 0.385. The summed E-state index contributed by atoms with van der Waals surface area (Å²) in [5.74, 6) is -1.41. The first-order valence-electron chi connectivity index (χ1n) is 5.88. The quantitative estimate of drug-likeness (QED) is 0.698. The highest BCUT2D eigenvalue weighted by atomic mass is 16.4. The molecule has 1 unspecified atom stereocenters. The van der Waals surface area contributed by atoms with Crippen molar-refractivity contribution in [3.8, 4) is 0 Å². The average Bonchev–Trinajstić information content (AvgIpc) is 3.09. The summed E-state index contributed by atoms with van der Waals surface area (Å²) in [6, 6.07) is 8.26. The lowest BCUT2D eigenvalue weighted by Crippen LogP contribution is -2.50. The van der Waals surface area contributed by atoms with Crippen LogP contribution in [-0.4, -0.2) is 28.6 Å². The van der Waals surface area contributed by atoms with Crippen LogP contribution in [0.25, 0.3) is 0 Å². The molecule has 5 nitrogen and oxygen atoms in total. The second kappa shape index (κ2) is 4.78. The molecule has 5 heteroatoms. The van der Waals surface area contributed by atoms with Crippen molar-refractivity contribution in [3.63, 3.8) is 0 Å². The number of hydrogen-bond acceptors (Lipinski definition) is 3. The largest absolute Gasteiger partial charge is 0.480 e. The number of amides is 1. The van der Waals surface area contributed by atoms with Gasteiger partial charge in [-0.15, -0.1) is 0 Å². The first-order valence-corrected chi connectivity index (χ1v) is 5.88. The molecule has 1 fully saturated rings. The van der Waals surface area contributed by atoms with Crippen molar-refractivity contribution in [1.29, 1.82) is 0 Å². The normalized spacial score (nSPS) is 17.8. The second-order valence-corrected chi connectivity index (χ2v) is 4.71. The van der Waals surface area contributed by atoms with Crippen molar-refractivity contribution in [1.82, 2.24) is 5.32 Å². The van der Waals surface area contributed by atoms with Crippen LogP contribution in [0.5, 0.6) is 0 Å². The molecule has 0 aromatic heterocycles. The third kappa shape index (κ3) is 2.87. The number of benzene rings is 1. The van der Waals surface area contributed by atoms with E-state index in [4.69, 9.17) is 10.8 Å². The molecular weight excluding hydrogens is 232 g/mol. The number of aliphatic carboxylic acids is 1. The fourth-order valence-electron chi connectivity index (χ4n) is 1.71. The summed E-state index contributed by atoms with van der Waals surface area (Å²) in [6.07, 6.45) is 1.50. The molecule has 1 amide bonds. The molecule has 2 rings (SSSR count). The lowest BCUT2D eigenvalue weighted by Gasteiger charge is -2.17. The Morgan fingerprint density at radius 1 is 1.33 bits per heavy atom. The van der Waals surface area contributed by atoms with Gasteiger partial charge < -0.3 is 16.2 Å². The highest BCUT2D eigenvalue weighted by Gasteiger charge is 2.46. The van der Waals surface area contributed by atoms with Crippen molar-refractivity contribution in [2.75, 3.05) is 0 Å². The van der Waals surface area contributed by atoms with E-state index in [-0.39, 0.29) is 12.3 Å². The molecule has 0 aliphatic heterocycles. The van der Waals surface area contributed by atoms with Gasteiger partial charge in [-0.2, -0.15) is 0 Å². The summed E-state index contributed by atoms with van der Waals surface area (Å²) in [5.41, 5.74) is 5.75. The van der Waals surface area contributed by atoms with Crippen LogP contribution in [0.15, 0.2) is 30.3 Å². The number of nitrogens with two attached hydrogens (primary N) is 1. The van der Waals surface area contributed by atoms with Crippen LogP contribution in [0.2, 0.25) is 0 Å². The molecule has 96 valence electrons. The Bertz CT molecular complexity index is 455. The predicted molar refractivity (Wildman–Crippen MR) is 65.9 cm³/mol. The maximum absolute atomic E-state index is 11.7. The topological polar surface area (TPSA) is 92.4 Å².